The van der Waals surface area contributed by atoms with Crippen LogP contribution in [0.25, 0.3) is 11.1 Å². The van der Waals surface area contributed by atoms with E-state index in [2.05, 4.69) is 38.5 Å². The van der Waals surface area contributed by atoms with Gasteiger partial charge in [-0.25, -0.2) is 9.97 Å². The molecule has 4 aromatic rings. The first kappa shape index (κ1) is 25.6. The molecule has 0 aliphatic heterocycles. The van der Waals surface area contributed by atoms with E-state index in [9.17, 15) is 10.5 Å². The first-order valence-electron chi connectivity index (χ1n) is 11.1. The molecule has 11 heteroatoms. The number of nitrogens with two attached hydrogens (primary N) is 1. The summed E-state index contributed by atoms with van der Waals surface area (Å²) in [4.78, 5) is 13.3. The molecular weight excluding hydrogens is 504 g/mol. The number of nitriles is 3. The van der Waals surface area contributed by atoms with Crippen molar-refractivity contribution in [2.45, 2.75) is 23.6 Å². The molecule has 0 radical (unpaired) electrons. The van der Waals surface area contributed by atoms with Crippen LogP contribution in [0.5, 0.6) is 0 Å². The molecule has 1 aromatic carbocycles. The molecule has 3 heterocycles. The number of aliphatic hydroxyl groups is 1. The molecule has 0 saturated carbocycles. The van der Waals surface area contributed by atoms with Crippen molar-refractivity contribution in [1.82, 2.24) is 15.0 Å². The van der Waals surface area contributed by atoms with Gasteiger partial charge in [0.15, 0.2) is 5.13 Å². The Kier molecular flexibility index (Phi) is 8.29. The molecule has 0 aliphatic rings. The van der Waals surface area contributed by atoms with Gasteiger partial charge in [0.05, 0.1) is 22.9 Å². The normalized spacial score (nSPS) is 10.3. The van der Waals surface area contributed by atoms with E-state index in [1.807, 2.05) is 23.6 Å². The fourth-order valence-corrected chi connectivity index (χ4v) is 5.22. The number of aromatic nitrogens is 3. The molecule has 0 fully saturated rings. The van der Waals surface area contributed by atoms with E-state index in [-0.39, 0.29) is 23.6 Å². The monoisotopic (exact) mass is 524 g/mol. The first-order chi connectivity index (χ1) is 18.1. The van der Waals surface area contributed by atoms with Crippen LogP contribution in [0.4, 0.5) is 16.6 Å². The Morgan fingerprint density at radius 1 is 0.973 bits per heavy atom. The number of hydrogen-bond donors (Lipinski definition) is 3. The fraction of sp³-hybridized carbons (Fsp3) is 0.154. The second-order valence-corrected chi connectivity index (χ2v) is 9.59. The summed E-state index contributed by atoms with van der Waals surface area (Å²) in [5.41, 5.74) is 10.5. The molecule has 4 rings (SSSR count). The summed E-state index contributed by atoms with van der Waals surface area (Å²) in [5.74, 6) is 0.487. The number of nitrogens with zero attached hydrogens (tertiary/aromatic N) is 6. The molecule has 0 unspecified atom stereocenters. The van der Waals surface area contributed by atoms with Gasteiger partial charge < -0.3 is 16.2 Å². The molecule has 0 amide bonds. The molecule has 37 heavy (non-hydrogen) atoms. The maximum Gasteiger partial charge on any atom is 0.187 e. The van der Waals surface area contributed by atoms with E-state index in [4.69, 9.17) is 16.1 Å². The molecule has 4 N–H and O–H groups in total. The van der Waals surface area contributed by atoms with Crippen molar-refractivity contribution < 1.29 is 5.11 Å². The second-order valence-electron chi connectivity index (χ2n) is 7.76. The number of benzene rings is 1. The van der Waals surface area contributed by atoms with Crippen LogP contribution in [0.3, 0.4) is 0 Å². The summed E-state index contributed by atoms with van der Waals surface area (Å²) in [7, 11) is 0. The van der Waals surface area contributed by atoms with Crippen LogP contribution >= 0.6 is 23.1 Å². The Balaban J connectivity index is 1.56. The molecule has 0 saturated heterocycles. The SMILES string of the molecule is N#Cc1ccc(Nc2nc(CSc3nc(N)c(C#N)c(-c4ccc(CCCO)nc4)c3C#N)cs2)cc1. The number of aryl methyl sites for hydroxylation is 1. The summed E-state index contributed by atoms with van der Waals surface area (Å²) in [6, 6.07) is 17.1. The van der Waals surface area contributed by atoms with E-state index in [1.165, 1.54) is 23.1 Å². The van der Waals surface area contributed by atoms with Gasteiger partial charge in [0, 0.05) is 46.4 Å². The third kappa shape index (κ3) is 6.03. The van der Waals surface area contributed by atoms with Gasteiger partial charge in [-0.15, -0.1) is 11.3 Å². The van der Waals surface area contributed by atoms with Crippen LogP contribution in [-0.2, 0) is 12.2 Å². The van der Waals surface area contributed by atoms with E-state index in [0.29, 0.717) is 45.4 Å². The highest BCUT2D eigenvalue weighted by Crippen LogP contribution is 2.36. The highest BCUT2D eigenvalue weighted by atomic mass is 32.2. The lowest BCUT2D eigenvalue weighted by Crippen LogP contribution is -2.04. The van der Waals surface area contributed by atoms with Crippen LogP contribution in [0.15, 0.2) is 53.0 Å². The Hall–Kier alpha value is -4.47. The minimum Gasteiger partial charge on any atom is -0.396 e. The second kappa shape index (κ2) is 12.0. The Morgan fingerprint density at radius 3 is 2.41 bits per heavy atom. The number of nitrogen functional groups attached to an aromatic ring is 1. The Bertz CT molecular complexity index is 1530. The maximum atomic E-state index is 10.00. The highest BCUT2D eigenvalue weighted by molar-refractivity contribution is 7.98. The van der Waals surface area contributed by atoms with E-state index < -0.39 is 0 Å². The predicted molar refractivity (Wildman–Crippen MR) is 143 cm³/mol. The van der Waals surface area contributed by atoms with Gasteiger partial charge in [-0.2, -0.15) is 15.8 Å². The largest absolute Gasteiger partial charge is 0.396 e. The molecule has 0 atom stereocenters. The number of anilines is 3. The third-order valence-corrected chi connectivity index (χ3v) is 7.11. The minimum absolute atomic E-state index is 0.0461. The highest BCUT2D eigenvalue weighted by Gasteiger charge is 2.21. The zero-order chi connectivity index (χ0) is 26.2. The first-order valence-corrected chi connectivity index (χ1v) is 13.0. The van der Waals surface area contributed by atoms with Crippen molar-refractivity contribution in [2.75, 3.05) is 17.7 Å². The van der Waals surface area contributed by atoms with E-state index in [0.717, 1.165) is 17.1 Å². The number of aliphatic hydroxyl groups excluding tert-OH is 1. The van der Waals surface area contributed by atoms with Gasteiger partial charge in [0.25, 0.3) is 0 Å². The van der Waals surface area contributed by atoms with Crippen molar-refractivity contribution in [1.29, 1.82) is 15.8 Å². The Morgan fingerprint density at radius 2 is 1.76 bits per heavy atom. The molecule has 3 aromatic heterocycles. The van der Waals surface area contributed by atoms with Gasteiger partial charge >= 0.3 is 0 Å². The summed E-state index contributed by atoms with van der Waals surface area (Å²) in [6.45, 7) is 0.0774. The van der Waals surface area contributed by atoms with Gasteiger partial charge in [-0.3, -0.25) is 4.98 Å². The molecular formula is C26H20N8OS2. The topological polar surface area (TPSA) is 168 Å². The van der Waals surface area contributed by atoms with E-state index >= 15 is 0 Å². The standard InChI is InChI=1S/C26H20N8OS2/c27-10-16-3-6-19(7-4-16)32-26-33-20(15-37-26)14-36-25-22(12-29)23(21(11-28)24(30)34-25)17-5-8-18(31-13-17)2-1-9-35/h3-8,13,15,35H,1-2,9,14H2,(H2,30,34)(H,32,33). The third-order valence-electron chi connectivity index (χ3n) is 5.29. The van der Waals surface area contributed by atoms with Crippen molar-refractivity contribution in [3.8, 4) is 29.3 Å². The van der Waals surface area contributed by atoms with Gasteiger partial charge in [0.1, 0.15) is 28.5 Å². The molecule has 0 bridgehead atoms. The smallest absolute Gasteiger partial charge is 0.187 e. The lowest BCUT2D eigenvalue weighted by Gasteiger charge is -2.13. The average Bonchev–Trinajstić information content (AvgIpc) is 3.38. The van der Waals surface area contributed by atoms with Crippen LogP contribution in [0.2, 0.25) is 0 Å². The molecule has 182 valence electrons. The van der Waals surface area contributed by atoms with Gasteiger partial charge in [0.2, 0.25) is 0 Å². The van der Waals surface area contributed by atoms with Crippen molar-refractivity contribution in [2.24, 2.45) is 0 Å². The zero-order valence-corrected chi connectivity index (χ0v) is 21.1. The molecule has 0 aliphatic carbocycles. The van der Waals surface area contributed by atoms with Crippen LogP contribution in [-0.4, -0.2) is 26.7 Å². The number of rotatable bonds is 9. The summed E-state index contributed by atoms with van der Waals surface area (Å²) >= 11 is 2.75. The summed E-state index contributed by atoms with van der Waals surface area (Å²) in [6.07, 6.45) is 2.84. The van der Waals surface area contributed by atoms with Crippen molar-refractivity contribution >= 4 is 39.7 Å². The van der Waals surface area contributed by atoms with Crippen molar-refractivity contribution in [3.63, 3.8) is 0 Å². The number of hydrogen-bond acceptors (Lipinski definition) is 11. The van der Waals surface area contributed by atoms with Crippen LogP contribution in [0, 0.1) is 34.0 Å². The number of thioether (sulfide) groups is 1. The van der Waals surface area contributed by atoms with Crippen LogP contribution in [0.1, 0.15) is 34.5 Å². The average molecular weight is 525 g/mol. The van der Waals surface area contributed by atoms with Gasteiger partial charge in [-0.05, 0) is 43.2 Å². The maximum absolute atomic E-state index is 10.00. The fourth-order valence-electron chi connectivity index (χ4n) is 3.50. The number of pyridine rings is 2. The zero-order valence-electron chi connectivity index (χ0n) is 19.5. The minimum atomic E-state index is 0.0461. The molecule has 0 spiro atoms. The lowest BCUT2D eigenvalue weighted by molar-refractivity contribution is 0.288. The van der Waals surface area contributed by atoms with Gasteiger partial charge in [-0.1, -0.05) is 17.8 Å². The van der Waals surface area contributed by atoms with Crippen LogP contribution < -0.4 is 11.1 Å². The lowest BCUT2D eigenvalue weighted by atomic mass is 9.98. The van der Waals surface area contributed by atoms with E-state index in [1.54, 1.807) is 24.4 Å². The quantitative estimate of drug-likeness (QED) is 0.260. The van der Waals surface area contributed by atoms with Crippen molar-refractivity contribution in [3.05, 3.63) is 76.1 Å². The summed E-state index contributed by atoms with van der Waals surface area (Å²) < 4.78 is 0. The number of nitrogens with one attached hydrogen (secondary N) is 1. The number of thiazole rings is 1. The Labute approximate surface area is 221 Å². The molecule has 9 nitrogen and oxygen atoms in total. The predicted octanol–water partition coefficient (Wildman–Crippen LogP) is 4.76. The summed E-state index contributed by atoms with van der Waals surface area (Å²) in [5, 5.41) is 43.9.